The Hall–Kier alpha value is -1.37. The zero-order valence-electron chi connectivity index (χ0n) is 7.29. The van der Waals surface area contributed by atoms with Gasteiger partial charge in [0.25, 0.3) is 0 Å². The average Bonchev–Trinajstić information content (AvgIpc) is 2.08. The second-order valence-corrected chi connectivity index (χ2v) is 2.91. The van der Waals surface area contributed by atoms with Crippen molar-refractivity contribution in [2.45, 2.75) is 6.18 Å². The van der Waals surface area contributed by atoms with E-state index in [9.17, 15) is 13.2 Å². The quantitative estimate of drug-likeness (QED) is 0.630. The summed E-state index contributed by atoms with van der Waals surface area (Å²) in [5, 5.41) is -0.0339. The Labute approximate surface area is 88.0 Å². The lowest BCUT2D eigenvalue weighted by Crippen LogP contribution is -2.12. The third-order valence-electron chi connectivity index (χ3n) is 1.36. The Bertz CT molecular complexity index is 357. The van der Waals surface area contributed by atoms with Gasteiger partial charge in [-0.25, -0.2) is 9.97 Å². The molecule has 0 fully saturated rings. The van der Waals surface area contributed by atoms with Crippen LogP contribution < -0.4 is 5.73 Å². The molecule has 2 N–H and O–H groups in total. The van der Waals surface area contributed by atoms with E-state index in [1.165, 1.54) is 0 Å². The summed E-state index contributed by atoms with van der Waals surface area (Å²) in [5.74, 6) is -0.0130. The first-order valence-corrected chi connectivity index (χ1v) is 4.10. The molecule has 0 spiro atoms. The molecule has 0 aliphatic heterocycles. The minimum atomic E-state index is -4.35. The first-order valence-electron chi connectivity index (χ1n) is 3.72. The van der Waals surface area contributed by atoms with E-state index in [2.05, 4.69) is 15.0 Å². The molecule has 0 bridgehead atoms. The van der Waals surface area contributed by atoms with E-state index in [1.807, 2.05) is 0 Å². The van der Waals surface area contributed by atoms with Gasteiger partial charge in [0.2, 0.25) is 0 Å². The molecule has 0 aromatic carbocycles. The third-order valence-corrected chi connectivity index (χ3v) is 1.66. The number of nitrogen functional groups attached to an aromatic ring is 1. The Morgan fingerprint density at radius 2 is 2.13 bits per heavy atom. The van der Waals surface area contributed by atoms with E-state index in [0.29, 0.717) is 0 Å². The van der Waals surface area contributed by atoms with Crippen molar-refractivity contribution in [2.75, 3.05) is 12.3 Å². The van der Waals surface area contributed by atoms with Gasteiger partial charge in [0.1, 0.15) is 23.8 Å². The van der Waals surface area contributed by atoms with Crippen LogP contribution in [0.5, 0.6) is 0 Å². The summed E-state index contributed by atoms with van der Waals surface area (Å²) in [6, 6.07) is 0. The number of aromatic nitrogens is 2. The van der Waals surface area contributed by atoms with Gasteiger partial charge in [0.05, 0.1) is 5.56 Å². The maximum absolute atomic E-state index is 11.8. The normalized spacial score (nSPS) is 12.3. The van der Waals surface area contributed by atoms with E-state index in [0.717, 1.165) is 12.5 Å². The van der Waals surface area contributed by atoms with Crippen LogP contribution in [0.4, 0.5) is 19.0 Å². The molecule has 0 saturated carbocycles. The highest BCUT2D eigenvalue weighted by Gasteiger charge is 2.25. The smallest absolute Gasteiger partial charge is 0.383 e. The number of nitrogens with two attached hydrogens (primary N) is 1. The van der Waals surface area contributed by atoms with Crippen LogP contribution in [0.25, 0.3) is 0 Å². The molecule has 0 aliphatic rings. The first kappa shape index (κ1) is 11.7. The van der Waals surface area contributed by atoms with Crippen molar-refractivity contribution >= 4 is 23.6 Å². The van der Waals surface area contributed by atoms with Gasteiger partial charge in [-0.1, -0.05) is 11.6 Å². The van der Waals surface area contributed by atoms with Crippen LogP contribution in [0.2, 0.25) is 5.15 Å². The lowest BCUT2D eigenvalue weighted by Gasteiger charge is -2.02. The average molecular weight is 239 g/mol. The van der Waals surface area contributed by atoms with Crippen LogP contribution in [-0.4, -0.2) is 28.9 Å². The fourth-order valence-corrected chi connectivity index (χ4v) is 0.936. The molecule has 1 rings (SSSR count). The molecular weight excluding hydrogens is 233 g/mol. The molecule has 0 saturated heterocycles. The Kier molecular flexibility index (Phi) is 3.46. The second kappa shape index (κ2) is 4.43. The molecule has 15 heavy (non-hydrogen) atoms. The van der Waals surface area contributed by atoms with Gasteiger partial charge in [-0.2, -0.15) is 13.2 Å². The van der Waals surface area contributed by atoms with Gasteiger partial charge >= 0.3 is 6.18 Å². The van der Waals surface area contributed by atoms with E-state index in [1.54, 1.807) is 0 Å². The molecule has 0 aliphatic carbocycles. The summed E-state index contributed by atoms with van der Waals surface area (Å²) >= 11 is 5.58. The van der Waals surface area contributed by atoms with Gasteiger partial charge in [-0.05, 0) is 0 Å². The number of rotatable bonds is 2. The van der Waals surface area contributed by atoms with E-state index < -0.39 is 12.7 Å². The standard InChI is InChI=1S/C7H6ClF3N4/c8-5-4(6(12)15-3-14-5)1-13-2-7(9,10)11/h1,3H,2H2,(H2,12,14,15). The van der Waals surface area contributed by atoms with Gasteiger partial charge in [0, 0.05) is 6.21 Å². The second-order valence-electron chi connectivity index (χ2n) is 2.55. The maximum Gasteiger partial charge on any atom is 0.407 e. The number of nitrogens with zero attached hydrogens (tertiary/aromatic N) is 3. The summed E-state index contributed by atoms with van der Waals surface area (Å²) in [6.07, 6.45) is -2.34. The van der Waals surface area contributed by atoms with Gasteiger partial charge in [0.15, 0.2) is 0 Å². The molecule has 8 heteroatoms. The topological polar surface area (TPSA) is 64.2 Å². The SMILES string of the molecule is Nc1ncnc(Cl)c1C=NCC(F)(F)F. The minimum absolute atomic E-state index is 0.0130. The Morgan fingerprint density at radius 1 is 1.47 bits per heavy atom. The third kappa shape index (κ3) is 3.70. The number of anilines is 1. The highest BCUT2D eigenvalue weighted by molar-refractivity contribution is 6.32. The van der Waals surface area contributed by atoms with Crippen molar-refractivity contribution in [3.63, 3.8) is 0 Å². The van der Waals surface area contributed by atoms with Crippen molar-refractivity contribution in [2.24, 2.45) is 4.99 Å². The van der Waals surface area contributed by atoms with Crippen molar-refractivity contribution in [1.29, 1.82) is 0 Å². The molecule has 0 unspecified atom stereocenters. The van der Waals surface area contributed by atoms with E-state index in [4.69, 9.17) is 17.3 Å². The van der Waals surface area contributed by atoms with Gasteiger partial charge < -0.3 is 5.73 Å². The zero-order valence-corrected chi connectivity index (χ0v) is 8.05. The van der Waals surface area contributed by atoms with Crippen molar-refractivity contribution in [1.82, 2.24) is 9.97 Å². The summed E-state index contributed by atoms with van der Waals surface area (Å²) in [4.78, 5) is 10.3. The maximum atomic E-state index is 11.8. The number of alkyl halides is 3. The number of halogens is 4. The molecular formula is C7H6ClF3N4. The van der Waals surface area contributed by atoms with Crippen molar-refractivity contribution in [3.8, 4) is 0 Å². The van der Waals surface area contributed by atoms with Crippen LogP contribution in [0.15, 0.2) is 11.3 Å². The van der Waals surface area contributed by atoms with Gasteiger partial charge in [-0.3, -0.25) is 4.99 Å². The number of hydrogen-bond donors (Lipinski definition) is 1. The minimum Gasteiger partial charge on any atom is -0.383 e. The lowest BCUT2D eigenvalue weighted by atomic mass is 10.3. The molecule has 0 radical (unpaired) electrons. The fourth-order valence-electron chi connectivity index (χ4n) is 0.746. The van der Waals surface area contributed by atoms with Crippen molar-refractivity contribution in [3.05, 3.63) is 17.0 Å². The first-order chi connectivity index (χ1) is 6.90. The number of aliphatic imine (C=N–C) groups is 1. The molecule has 4 nitrogen and oxygen atoms in total. The van der Waals surface area contributed by atoms with E-state index in [-0.39, 0.29) is 16.5 Å². The van der Waals surface area contributed by atoms with Crippen LogP contribution in [-0.2, 0) is 0 Å². The van der Waals surface area contributed by atoms with Crippen LogP contribution in [0, 0.1) is 0 Å². The molecule has 0 amide bonds. The van der Waals surface area contributed by atoms with Crippen LogP contribution in [0.1, 0.15) is 5.56 Å². The molecule has 1 aromatic rings. The van der Waals surface area contributed by atoms with E-state index >= 15 is 0 Å². The predicted octanol–water partition coefficient (Wildman–Crippen LogP) is 1.69. The molecule has 1 heterocycles. The summed E-state index contributed by atoms with van der Waals surface area (Å²) in [5.41, 5.74) is 5.45. The van der Waals surface area contributed by atoms with Crippen LogP contribution >= 0.6 is 11.6 Å². The zero-order chi connectivity index (χ0) is 11.5. The van der Waals surface area contributed by atoms with Crippen molar-refractivity contribution < 1.29 is 13.2 Å². The monoisotopic (exact) mass is 238 g/mol. The highest BCUT2D eigenvalue weighted by atomic mass is 35.5. The Balaban J connectivity index is 2.81. The largest absolute Gasteiger partial charge is 0.407 e. The Morgan fingerprint density at radius 3 is 2.67 bits per heavy atom. The molecule has 0 atom stereocenters. The summed E-state index contributed by atoms with van der Waals surface area (Å²) in [6.45, 7) is -1.29. The number of hydrogen-bond acceptors (Lipinski definition) is 4. The predicted molar refractivity (Wildman–Crippen MR) is 50.0 cm³/mol. The van der Waals surface area contributed by atoms with Crippen LogP contribution in [0.3, 0.4) is 0 Å². The fraction of sp³-hybridized carbons (Fsp3) is 0.286. The lowest BCUT2D eigenvalue weighted by molar-refractivity contribution is -0.118. The highest BCUT2D eigenvalue weighted by Crippen LogP contribution is 2.17. The summed E-state index contributed by atoms with van der Waals surface area (Å²) < 4.78 is 35.3. The molecule has 82 valence electrons. The molecule has 1 aromatic heterocycles. The van der Waals surface area contributed by atoms with Gasteiger partial charge in [-0.15, -0.1) is 0 Å². The summed E-state index contributed by atoms with van der Waals surface area (Å²) in [7, 11) is 0.